The molecule has 0 fully saturated rings. The molecule has 0 spiro atoms. The van der Waals surface area contributed by atoms with Gasteiger partial charge >= 0.3 is 0 Å². The van der Waals surface area contributed by atoms with E-state index in [2.05, 4.69) is 10.6 Å². The molecule has 0 saturated carbocycles. The van der Waals surface area contributed by atoms with E-state index in [1.165, 1.54) is 0 Å². The lowest BCUT2D eigenvalue weighted by molar-refractivity contribution is -0.116. The first-order valence-electron chi connectivity index (χ1n) is 5.49. The molecule has 5 heteroatoms. The molecule has 0 saturated heterocycles. The van der Waals surface area contributed by atoms with Gasteiger partial charge in [-0.25, -0.2) is 0 Å². The summed E-state index contributed by atoms with van der Waals surface area (Å²) < 4.78 is 0. The molecule has 1 aromatic rings. The molecule has 0 atom stereocenters. The van der Waals surface area contributed by atoms with Gasteiger partial charge in [-0.2, -0.15) is 0 Å². The maximum atomic E-state index is 11.4. The van der Waals surface area contributed by atoms with Crippen molar-refractivity contribution in [2.75, 3.05) is 18.9 Å². The molecule has 0 unspecified atom stereocenters. The first-order valence-corrected chi connectivity index (χ1v) is 5.49. The SMILES string of the molecule is CNC(=O)c1ccc(NC(=O)CCCN)cc1. The maximum Gasteiger partial charge on any atom is 0.251 e. The van der Waals surface area contributed by atoms with Crippen LogP contribution in [0.5, 0.6) is 0 Å². The van der Waals surface area contributed by atoms with Crippen molar-refractivity contribution in [2.24, 2.45) is 5.73 Å². The second-order valence-electron chi connectivity index (χ2n) is 3.60. The van der Waals surface area contributed by atoms with Crippen LogP contribution < -0.4 is 16.4 Å². The van der Waals surface area contributed by atoms with Crippen LogP contribution in [0.15, 0.2) is 24.3 Å². The smallest absolute Gasteiger partial charge is 0.251 e. The zero-order chi connectivity index (χ0) is 12.7. The maximum absolute atomic E-state index is 11.4. The molecule has 0 bridgehead atoms. The Labute approximate surface area is 100 Å². The quantitative estimate of drug-likeness (QED) is 0.703. The molecule has 0 aromatic heterocycles. The molecule has 4 N–H and O–H groups in total. The summed E-state index contributed by atoms with van der Waals surface area (Å²) >= 11 is 0. The summed E-state index contributed by atoms with van der Waals surface area (Å²) in [6.07, 6.45) is 1.08. The fourth-order valence-corrected chi connectivity index (χ4v) is 1.34. The topological polar surface area (TPSA) is 84.2 Å². The summed E-state index contributed by atoms with van der Waals surface area (Å²) in [6.45, 7) is 0.503. The highest BCUT2D eigenvalue weighted by atomic mass is 16.2. The molecule has 92 valence electrons. The Kier molecular flexibility index (Phi) is 5.16. The van der Waals surface area contributed by atoms with Crippen molar-refractivity contribution in [2.45, 2.75) is 12.8 Å². The van der Waals surface area contributed by atoms with Crippen molar-refractivity contribution in [1.82, 2.24) is 5.32 Å². The minimum absolute atomic E-state index is 0.0665. The highest BCUT2D eigenvalue weighted by Crippen LogP contribution is 2.10. The van der Waals surface area contributed by atoms with Gasteiger partial charge in [0.05, 0.1) is 0 Å². The number of amides is 2. The molecule has 0 radical (unpaired) electrons. The molecule has 0 heterocycles. The first-order chi connectivity index (χ1) is 8.17. The molecule has 0 aliphatic carbocycles. The number of carbonyl (C=O) groups is 2. The lowest BCUT2D eigenvalue weighted by atomic mass is 10.2. The minimum Gasteiger partial charge on any atom is -0.355 e. The number of carbonyl (C=O) groups excluding carboxylic acids is 2. The van der Waals surface area contributed by atoms with Crippen molar-refractivity contribution in [3.8, 4) is 0 Å². The fraction of sp³-hybridized carbons (Fsp3) is 0.333. The van der Waals surface area contributed by atoms with Gasteiger partial charge in [0, 0.05) is 24.7 Å². The number of anilines is 1. The van der Waals surface area contributed by atoms with Gasteiger partial charge in [0.1, 0.15) is 0 Å². The van der Waals surface area contributed by atoms with Gasteiger partial charge in [0.2, 0.25) is 5.91 Å². The van der Waals surface area contributed by atoms with E-state index in [0.29, 0.717) is 30.6 Å². The second-order valence-corrected chi connectivity index (χ2v) is 3.60. The summed E-state index contributed by atoms with van der Waals surface area (Å²) in [5.41, 5.74) is 6.56. The molecule has 0 aliphatic heterocycles. The second kappa shape index (κ2) is 6.65. The average molecular weight is 235 g/mol. The van der Waals surface area contributed by atoms with Crippen LogP contribution in [0, 0.1) is 0 Å². The summed E-state index contributed by atoms with van der Waals surface area (Å²) in [5.74, 6) is -0.214. The number of nitrogens with one attached hydrogen (secondary N) is 2. The van der Waals surface area contributed by atoms with E-state index >= 15 is 0 Å². The largest absolute Gasteiger partial charge is 0.355 e. The Balaban J connectivity index is 2.56. The summed E-state index contributed by atoms with van der Waals surface area (Å²) in [4.78, 5) is 22.7. The molecule has 1 aromatic carbocycles. The van der Waals surface area contributed by atoms with Crippen LogP contribution in [0.2, 0.25) is 0 Å². The lowest BCUT2D eigenvalue weighted by Crippen LogP contribution is -2.18. The predicted octanol–water partition coefficient (Wildman–Crippen LogP) is 0.724. The Morgan fingerprint density at radius 3 is 2.41 bits per heavy atom. The molecule has 1 rings (SSSR count). The third-order valence-electron chi connectivity index (χ3n) is 2.27. The van der Waals surface area contributed by atoms with Crippen molar-refractivity contribution in [3.05, 3.63) is 29.8 Å². The normalized spacial score (nSPS) is 9.76. The Hall–Kier alpha value is -1.88. The molecular formula is C12H17N3O2. The zero-order valence-corrected chi connectivity index (χ0v) is 9.82. The van der Waals surface area contributed by atoms with E-state index in [4.69, 9.17) is 5.73 Å². The molecule has 5 nitrogen and oxygen atoms in total. The van der Waals surface area contributed by atoms with Crippen molar-refractivity contribution < 1.29 is 9.59 Å². The van der Waals surface area contributed by atoms with E-state index in [-0.39, 0.29) is 11.8 Å². The van der Waals surface area contributed by atoms with Gasteiger partial charge in [-0.15, -0.1) is 0 Å². The molecule has 0 aliphatic rings. The van der Waals surface area contributed by atoms with Gasteiger partial charge in [-0.3, -0.25) is 9.59 Å². The number of nitrogens with two attached hydrogens (primary N) is 1. The van der Waals surface area contributed by atoms with E-state index in [1.54, 1.807) is 31.3 Å². The molecular weight excluding hydrogens is 218 g/mol. The summed E-state index contributed by atoms with van der Waals surface area (Å²) in [7, 11) is 1.57. The lowest BCUT2D eigenvalue weighted by Gasteiger charge is -2.05. The molecule has 17 heavy (non-hydrogen) atoms. The highest BCUT2D eigenvalue weighted by molar-refractivity contribution is 5.95. The van der Waals surface area contributed by atoms with Gasteiger partial charge in [0.15, 0.2) is 0 Å². The van der Waals surface area contributed by atoms with E-state index in [1.807, 2.05) is 0 Å². The monoisotopic (exact) mass is 235 g/mol. The standard InChI is InChI=1S/C12H17N3O2/c1-14-12(17)9-4-6-10(7-5-9)15-11(16)3-2-8-13/h4-7H,2-3,8,13H2,1H3,(H,14,17)(H,15,16). The fourth-order valence-electron chi connectivity index (χ4n) is 1.34. The van der Waals surface area contributed by atoms with Gasteiger partial charge in [-0.1, -0.05) is 0 Å². The number of hydrogen-bond acceptors (Lipinski definition) is 3. The Morgan fingerprint density at radius 2 is 1.88 bits per heavy atom. The van der Waals surface area contributed by atoms with Gasteiger partial charge < -0.3 is 16.4 Å². The van der Waals surface area contributed by atoms with Gasteiger partial charge in [0.25, 0.3) is 5.91 Å². The third-order valence-corrected chi connectivity index (χ3v) is 2.27. The first kappa shape index (κ1) is 13.2. The van der Waals surface area contributed by atoms with Gasteiger partial charge in [-0.05, 0) is 37.2 Å². The highest BCUT2D eigenvalue weighted by Gasteiger charge is 2.04. The number of rotatable bonds is 5. The van der Waals surface area contributed by atoms with Crippen LogP contribution in [0.3, 0.4) is 0 Å². The van der Waals surface area contributed by atoms with Crippen molar-refractivity contribution in [3.63, 3.8) is 0 Å². The predicted molar refractivity (Wildman–Crippen MR) is 66.8 cm³/mol. The minimum atomic E-state index is -0.147. The van der Waals surface area contributed by atoms with Crippen molar-refractivity contribution >= 4 is 17.5 Å². The van der Waals surface area contributed by atoms with Crippen LogP contribution in [0.4, 0.5) is 5.69 Å². The third kappa shape index (κ3) is 4.24. The Morgan fingerprint density at radius 1 is 1.24 bits per heavy atom. The summed E-state index contributed by atoms with van der Waals surface area (Å²) in [5, 5.41) is 5.26. The van der Waals surface area contributed by atoms with Crippen LogP contribution >= 0.6 is 0 Å². The van der Waals surface area contributed by atoms with E-state index in [0.717, 1.165) is 0 Å². The van der Waals surface area contributed by atoms with Crippen LogP contribution in [-0.4, -0.2) is 25.4 Å². The Bertz CT molecular complexity index is 387. The van der Waals surface area contributed by atoms with E-state index < -0.39 is 0 Å². The van der Waals surface area contributed by atoms with Crippen LogP contribution in [-0.2, 0) is 4.79 Å². The number of hydrogen-bond donors (Lipinski definition) is 3. The van der Waals surface area contributed by atoms with Crippen LogP contribution in [0.25, 0.3) is 0 Å². The van der Waals surface area contributed by atoms with E-state index in [9.17, 15) is 9.59 Å². The van der Waals surface area contributed by atoms with Crippen LogP contribution in [0.1, 0.15) is 23.2 Å². The zero-order valence-electron chi connectivity index (χ0n) is 9.82. The molecule has 2 amide bonds. The summed E-state index contributed by atoms with van der Waals surface area (Å²) in [6, 6.07) is 6.73. The van der Waals surface area contributed by atoms with Crippen molar-refractivity contribution in [1.29, 1.82) is 0 Å². The average Bonchev–Trinajstić information content (AvgIpc) is 2.36. The number of benzene rings is 1.